The molecule has 3 aliphatic rings. The molecule has 7 aromatic rings. The fraction of sp³-hybridized carbons (Fsp3) is 0.290. The third kappa shape index (κ3) is 17.0. The van der Waals surface area contributed by atoms with E-state index in [2.05, 4.69) is 29.9 Å². The van der Waals surface area contributed by atoms with Crippen LogP contribution in [0.2, 0.25) is 5.02 Å². The number of ether oxygens (including phenoxy) is 2. The number of hydrogen-bond acceptors (Lipinski definition) is 17. The van der Waals surface area contributed by atoms with Crippen molar-refractivity contribution in [3.05, 3.63) is 167 Å². The van der Waals surface area contributed by atoms with Crippen LogP contribution in [0.5, 0.6) is 0 Å². The molecule has 6 aromatic carbocycles. The maximum Gasteiger partial charge on any atom is 0.420 e. The monoisotopic (exact) mass is 1370 g/mol. The van der Waals surface area contributed by atoms with Gasteiger partial charge < -0.3 is 50.0 Å². The zero-order valence-electron chi connectivity index (χ0n) is 51.0. The number of sulfonamides is 3. The summed E-state index contributed by atoms with van der Waals surface area (Å²) in [6.45, 7) is 9.11. The zero-order chi connectivity index (χ0) is 67.5. The van der Waals surface area contributed by atoms with Crippen LogP contribution in [0.3, 0.4) is 0 Å². The molecule has 1 saturated heterocycles. The van der Waals surface area contributed by atoms with Gasteiger partial charge >= 0.3 is 18.2 Å². The summed E-state index contributed by atoms with van der Waals surface area (Å²) in [6, 6.07) is 31.0. The van der Waals surface area contributed by atoms with E-state index in [-0.39, 0.29) is 60.1 Å². The molecule has 3 atom stereocenters. The molecule has 10 rings (SSSR count). The molecule has 1 fully saturated rings. The predicted octanol–water partition coefficient (Wildman–Crippen LogP) is 9.58. The fourth-order valence-electron chi connectivity index (χ4n) is 10.7. The van der Waals surface area contributed by atoms with Gasteiger partial charge in [-0.25, -0.2) is 62.6 Å². The Labute approximate surface area is 551 Å². The number of aromatic nitrogens is 1. The topological polar surface area (TPSA) is 327 Å². The highest BCUT2D eigenvalue weighted by atomic mass is 35.5. The van der Waals surface area contributed by atoms with E-state index in [1.165, 1.54) is 72.8 Å². The van der Waals surface area contributed by atoms with E-state index >= 15 is 0 Å². The lowest BCUT2D eigenvalue weighted by atomic mass is 9.99. The van der Waals surface area contributed by atoms with Crippen LogP contribution in [0.4, 0.5) is 51.6 Å². The van der Waals surface area contributed by atoms with Crippen LogP contribution >= 0.6 is 11.6 Å². The Morgan fingerprint density at radius 1 is 0.570 bits per heavy atom. The molecule has 0 radical (unpaired) electrons. The number of hydrogen-bond donors (Lipinski definition) is 6. The number of para-hydroxylation sites is 1. The van der Waals surface area contributed by atoms with Crippen molar-refractivity contribution in [2.75, 3.05) is 78.8 Å². The third-order valence-electron chi connectivity index (χ3n) is 15.6. The van der Waals surface area contributed by atoms with E-state index < -0.39 is 60.4 Å². The summed E-state index contributed by atoms with van der Waals surface area (Å²) in [6.07, 6.45) is 3.01. The van der Waals surface area contributed by atoms with Crippen LogP contribution in [0, 0.1) is 11.6 Å². The summed E-state index contributed by atoms with van der Waals surface area (Å²) in [5.74, 6) is -1.20. The number of amides is 7. The molecule has 0 aliphatic carbocycles. The summed E-state index contributed by atoms with van der Waals surface area (Å²) in [7, 11) is -9.96. The summed E-state index contributed by atoms with van der Waals surface area (Å²) < 4.78 is 115. The Bertz CT molecular complexity index is 4310. The van der Waals surface area contributed by atoms with E-state index in [9.17, 15) is 62.8 Å². The Kier molecular flexibility index (Phi) is 22.3. The predicted molar refractivity (Wildman–Crippen MR) is 360 cm³/mol. The molecular weight excluding hydrogens is 1290 g/mol. The van der Waals surface area contributed by atoms with Crippen LogP contribution in [0.1, 0.15) is 60.8 Å². The smallest absolute Gasteiger partial charge is 0.420 e. The van der Waals surface area contributed by atoms with Gasteiger partial charge in [0.25, 0.3) is 30.1 Å². The lowest BCUT2D eigenvalue weighted by Crippen LogP contribution is -2.55. The summed E-state index contributed by atoms with van der Waals surface area (Å²) in [5.41, 5.74) is 10.9. The first kappa shape index (κ1) is 69.4. The second kappa shape index (κ2) is 29.8. The van der Waals surface area contributed by atoms with Gasteiger partial charge in [0.05, 0.1) is 45.1 Å². The molecule has 3 aliphatic heterocycles. The van der Waals surface area contributed by atoms with Gasteiger partial charge in [0.1, 0.15) is 29.8 Å². The van der Waals surface area contributed by atoms with Crippen LogP contribution < -0.4 is 45.2 Å². The first-order valence-electron chi connectivity index (χ1n) is 28.9. The number of carbonyl (C=O) groups excluding carboxylic acids is 6. The van der Waals surface area contributed by atoms with Crippen LogP contribution in [0.15, 0.2) is 154 Å². The molecule has 508 valence electrons. The Morgan fingerprint density at radius 3 is 1.62 bits per heavy atom. The molecule has 0 unspecified atom stereocenters. The fourth-order valence-corrected chi connectivity index (χ4v) is 13.7. The second-order valence-corrected chi connectivity index (χ2v) is 27.0. The number of nitrogens with one attached hydrogen (secondary N) is 5. The SMILES string of the molecule is COC(=O)NS(=O)(=O)c1ccc(N2CCN(C(=O)[C@@H](C)N3CCCc4cc(F)ccc43)CC2)cc1.COC(=O)NS(=O)(=O)c1ccc(NC(=O)[C@@H](C)N2CCCc3cccc(Cl)c32)cc1.C[C@H](C(=O)Nc1ccc(S(=O)(=O)NC(N)=O)cc1)n1ccc2c(F)cccc21.[HH].[HH].[HH].[HH].[HH].[HH].[HH]. The zero-order valence-corrected chi connectivity index (χ0v) is 54.2. The number of methoxy groups -OCH3 is 2. The average Bonchev–Trinajstić information content (AvgIpc) is 1.13. The van der Waals surface area contributed by atoms with Crippen LogP contribution in [-0.4, -0.2) is 136 Å². The van der Waals surface area contributed by atoms with Gasteiger partial charge in [-0.1, -0.05) is 29.8 Å². The van der Waals surface area contributed by atoms with Crippen LogP contribution in [-0.2, 0) is 66.8 Å². The van der Waals surface area contributed by atoms with Crippen molar-refractivity contribution >= 4 is 117 Å². The molecule has 0 bridgehead atoms. The first-order valence-corrected chi connectivity index (χ1v) is 33.8. The van der Waals surface area contributed by atoms with Gasteiger partial charge in [-0.3, -0.25) is 14.4 Å². The normalized spacial score (nSPS) is 14.8. The second-order valence-electron chi connectivity index (χ2n) is 21.5. The number of primary amides is 1. The summed E-state index contributed by atoms with van der Waals surface area (Å²) in [5, 5.41) is 6.48. The van der Waals surface area contributed by atoms with E-state index in [1.54, 1.807) is 76.5 Å². The number of piperazine rings is 1. The minimum atomic E-state index is -4.06. The van der Waals surface area contributed by atoms with E-state index in [0.29, 0.717) is 60.0 Å². The highest BCUT2D eigenvalue weighted by molar-refractivity contribution is 7.90. The molecule has 93 heavy (non-hydrogen) atoms. The van der Waals surface area contributed by atoms with E-state index in [1.807, 2.05) is 39.6 Å². The maximum absolute atomic E-state index is 13.8. The Morgan fingerprint density at radius 2 is 1.08 bits per heavy atom. The molecule has 0 saturated carbocycles. The van der Waals surface area contributed by atoms with Crippen molar-refractivity contribution in [2.24, 2.45) is 5.73 Å². The van der Waals surface area contributed by atoms with Gasteiger partial charge in [-0.05, 0) is 173 Å². The van der Waals surface area contributed by atoms with Crippen molar-refractivity contribution in [1.29, 1.82) is 0 Å². The Hall–Kier alpha value is -9.52. The van der Waals surface area contributed by atoms with Crippen molar-refractivity contribution in [1.82, 2.24) is 23.6 Å². The number of rotatable bonds is 15. The van der Waals surface area contributed by atoms with Crippen molar-refractivity contribution in [3.8, 4) is 0 Å². The van der Waals surface area contributed by atoms with Crippen molar-refractivity contribution in [3.63, 3.8) is 0 Å². The molecular formula is C62H82ClF2N11O14S3. The number of anilines is 5. The standard InChI is InChI=1S/C24H29FN4O5S.C20H22ClN3O5S.C18H17FN4O4S.7H2/c1-17(29-11-3-4-18-16-19(25)5-10-22(18)29)23(30)28-14-12-27(13-15-28)20-6-8-21(9-7-20)35(32,33)26-24(31)34-2;1-13(24-12-4-6-14-5-3-7-17(21)18(14)24)19(25)22-15-8-10-16(11-9-15)30(27,28)23-20(26)29-2;1-11(23-10-9-14-15(19)3-2-4-16(14)23)17(24)21-12-5-7-13(8-6-12)28(26,27)22-18(20)25;;;;;;;/h5-10,16-17H,3-4,11-15H2,1-2H3,(H,26,31);3,5,7-11,13H,4,6,12H2,1-2H3,(H,22,25)(H,23,26);2-11H,1H3,(H,21,24)(H3,20,22,25);7*1H/t17-;13-;11-;;;;;;;/m111......./s1. The number of fused-ring (bicyclic) bond motifs is 3. The largest absolute Gasteiger partial charge is 0.452 e. The number of aryl methyl sites for hydroxylation is 2. The van der Waals surface area contributed by atoms with Gasteiger partial charge in [0.2, 0.25) is 17.7 Å². The van der Waals surface area contributed by atoms with Gasteiger partial charge in [0.15, 0.2) is 0 Å². The number of urea groups is 1. The quantitative estimate of drug-likeness (QED) is 0.0556. The number of halogens is 3. The molecule has 7 amide bonds. The summed E-state index contributed by atoms with van der Waals surface area (Å²) >= 11 is 6.38. The Balaban J connectivity index is 0.000000729. The third-order valence-corrected chi connectivity index (χ3v) is 19.9. The maximum atomic E-state index is 13.8. The van der Waals surface area contributed by atoms with Gasteiger partial charge in [0, 0.05) is 83.6 Å². The van der Waals surface area contributed by atoms with Gasteiger partial charge in [-0.15, -0.1) is 0 Å². The number of carbonyl (C=O) groups is 6. The molecule has 1 aromatic heterocycles. The molecule has 25 nitrogen and oxygen atoms in total. The molecule has 4 heterocycles. The number of nitrogens with two attached hydrogens (primary N) is 1. The lowest BCUT2D eigenvalue weighted by Gasteiger charge is -2.41. The average molecular weight is 1380 g/mol. The van der Waals surface area contributed by atoms with Crippen molar-refractivity contribution in [2.45, 2.75) is 79.3 Å². The minimum Gasteiger partial charge on any atom is -0.452 e. The minimum absolute atomic E-state index is 0. The highest BCUT2D eigenvalue weighted by Gasteiger charge is 2.33. The highest BCUT2D eigenvalue weighted by Crippen LogP contribution is 2.36. The molecule has 7 N–H and O–H groups in total. The molecule has 0 spiro atoms. The first-order chi connectivity index (χ1) is 44.1. The lowest BCUT2D eigenvalue weighted by molar-refractivity contribution is -0.132. The number of benzene rings is 6. The van der Waals surface area contributed by atoms with Crippen LogP contribution in [0.25, 0.3) is 10.9 Å². The summed E-state index contributed by atoms with van der Waals surface area (Å²) in [4.78, 5) is 79.4. The van der Waals surface area contributed by atoms with Crippen molar-refractivity contribution < 1.29 is 82.3 Å². The van der Waals surface area contributed by atoms with E-state index in [4.69, 9.17) is 17.3 Å². The molecule has 31 heteroatoms. The van der Waals surface area contributed by atoms with Gasteiger partial charge in [-0.2, -0.15) is 0 Å². The number of nitrogens with zero attached hydrogens (tertiary/aromatic N) is 5. The van der Waals surface area contributed by atoms with E-state index in [0.717, 1.165) is 74.6 Å².